The summed E-state index contributed by atoms with van der Waals surface area (Å²) in [6, 6.07) is 9.15. The third-order valence-electron chi connectivity index (χ3n) is 2.17. The summed E-state index contributed by atoms with van der Waals surface area (Å²) in [5.41, 5.74) is 10.7. The van der Waals surface area contributed by atoms with Crippen molar-refractivity contribution in [3.8, 4) is 6.07 Å². The van der Waals surface area contributed by atoms with Gasteiger partial charge in [0.1, 0.15) is 0 Å². The molecule has 17 heavy (non-hydrogen) atoms. The van der Waals surface area contributed by atoms with Crippen molar-refractivity contribution in [1.29, 1.82) is 5.26 Å². The topological polar surface area (TPSA) is 84.9 Å². The maximum absolute atomic E-state index is 8.65. The third kappa shape index (κ3) is 2.40. The smallest absolute Gasteiger partial charge is 0.428 e. The number of benzene rings is 1. The van der Waals surface area contributed by atoms with Gasteiger partial charge in [0, 0.05) is 0 Å². The second kappa shape index (κ2) is 4.79. The van der Waals surface area contributed by atoms with Crippen LogP contribution in [0.2, 0.25) is 0 Å². The summed E-state index contributed by atoms with van der Waals surface area (Å²) < 4.78 is 0. The van der Waals surface area contributed by atoms with E-state index in [-0.39, 0.29) is 5.84 Å². The molecule has 1 aromatic rings. The van der Waals surface area contributed by atoms with Gasteiger partial charge in [0.2, 0.25) is 6.34 Å². The van der Waals surface area contributed by atoms with Crippen molar-refractivity contribution in [2.24, 2.45) is 9.98 Å². The predicted molar refractivity (Wildman–Crippen MR) is 64.7 cm³/mol. The monoisotopic (exact) mass is 221 g/mol. The van der Waals surface area contributed by atoms with E-state index < -0.39 is 0 Å². The van der Waals surface area contributed by atoms with E-state index in [0.29, 0.717) is 11.3 Å². The number of hydrogen-bond donors (Lipinski definition) is 0. The summed E-state index contributed by atoms with van der Waals surface area (Å²) in [6.07, 6.45) is 4.83. The van der Waals surface area contributed by atoms with Crippen LogP contribution < -0.4 is 0 Å². The maximum Gasteiger partial charge on any atom is 0.428 e. The zero-order valence-corrected chi connectivity index (χ0v) is 8.78. The lowest BCUT2D eigenvalue weighted by Crippen LogP contribution is -2.05. The number of aliphatic imine (C=N–C) groups is 2. The summed E-state index contributed by atoms with van der Waals surface area (Å²) in [7, 11) is 0. The van der Waals surface area contributed by atoms with Gasteiger partial charge in [-0.3, -0.25) is 0 Å². The van der Waals surface area contributed by atoms with Crippen molar-refractivity contribution >= 4 is 24.0 Å². The fourth-order valence-corrected chi connectivity index (χ4v) is 1.31. The van der Waals surface area contributed by atoms with E-state index in [1.165, 1.54) is 6.34 Å². The van der Waals surface area contributed by atoms with Crippen LogP contribution in [0.4, 0.5) is 0 Å². The molecule has 0 saturated heterocycles. The van der Waals surface area contributed by atoms with Crippen LogP contribution in [0.3, 0.4) is 0 Å². The van der Waals surface area contributed by atoms with Crippen LogP contribution in [0.1, 0.15) is 11.1 Å². The SMILES string of the molecule is N#Cc1ccc(/C=C/C2=NC=NC2=[N+]=[N-])cc1. The number of nitriles is 1. The molecule has 1 aliphatic heterocycles. The Morgan fingerprint density at radius 3 is 2.65 bits per heavy atom. The average Bonchev–Trinajstić information content (AvgIpc) is 2.84. The molecule has 0 aliphatic carbocycles. The van der Waals surface area contributed by atoms with Crippen molar-refractivity contribution in [3.63, 3.8) is 0 Å². The molecule has 80 valence electrons. The second-order valence-electron chi connectivity index (χ2n) is 3.25. The molecule has 1 aromatic carbocycles. The molecule has 5 nitrogen and oxygen atoms in total. The van der Waals surface area contributed by atoms with Crippen LogP contribution in [-0.2, 0) is 0 Å². The van der Waals surface area contributed by atoms with E-state index in [1.807, 2.05) is 18.2 Å². The van der Waals surface area contributed by atoms with Crippen LogP contribution in [0.5, 0.6) is 0 Å². The van der Waals surface area contributed by atoms with E-state index >= 15 is 0 Å². The van der Waals surface area contributed by atoms with E-state index in [0.717, 1.165) is 5.56 Å². The molecule has 0 atom stereocenters. The Hall–Kier alpha value is -2.83. The summed E-state index contributed by atoms with van der Waals surface area (Å²) >= 11 is 0. The van der Waals surface area contributed by atoms with Gasteiger partial charge in [0.25, 0.3) is 0 Å². The zero-order chi connectivity index (χ0) is 12.1. The Kier molecular flexibility index (Phi) is 3.01. The molecule has 2 rings (SSSR count). The normalized spacial score (nSPS) is 13.6. The first-order valence-electron chi connectivity index (χ1n) is 4.84. The van der Waals surface area contributed by atoms with Crippen molar-refractivity contribution < 1.29 is 4.79 Å². The van der Waals surface area contributed by atoms with Crippen molar-refractivity contribution in [1.82, 2.24) is 0 Å². The summed E-state index contributed by atoms with van der Waals surface area (Å²) in [5.74, 6) is 0.190. The molecule has 0 saturated carbocycles. The highest BCUT2D eigenvalue weighted by atomic mass is 15.0. The lowest BCUT2D eigenvalue weighted by molar-refractivity contribution is -0.00268. The van der Waals surface area contributed by atoms with E-state index in [4.69, 9.17) is 10.8 Å². The Morgan fingerprint density at radius 1 is 1.24 bits per heavy atom. The molecule has 1 heterocycles. The minimum atomic E-state index is 0.190. The molecule has 0 aromatic heterocycles. The quantitative estimate of drug-likeness (QED) is 0.552. The first kappa shape index (κ1) is 10.7. The van der Waals surface area contributed by atoms with Gasteiger partial charge in [-0.1, -0.05) is 18.2 Å². The van der Waals surface area contributed by atoms with Crippen LogP contribution in [0.25, 0.3) is 11.6 Å². The molecule has 0 spiro atoms. The third-order valence-corrected chi connectivity index (χ3v) is 2.17. The molecular formula is C12H7N5. The lowest BCUT2D eigenvalue weighted by Gasteiger charge is -1.92. The van der Waals surface area contributed by atoms with Gasteiger partial charge in [0.05, 0.1) is 11.6 Å². The standard InChI is InChI=1S/C12H7N5/c13-7-10-3-1-9(2-4-10)5-6-11-12(17-14)16-8-15-11/h1-6,8H/b6-5+. The fourth-order valence-electron chi connectivity index (χ4n) is 1.31. The molecule has 0 amide bonds. The highest BCUT2D eigenvalue weighted by Crippen LogP contribution is 2.06. The Morgan fingerprint density at radius 2 is 2.00 bits per heavy atom. The van der Waals surface area contributed by atoms with Gasteiger partial charge in [-0.05, 0) is 28.8 Å². The van der Waals surface area contributed by atoms with Crippen LogP contribution in [0, 0.1) is 11.3 Å². The van der Waals surface area contributed by atoms with Gasteiger partial charge in [-0.15, -0.1) is 0 Å². The Balaban J connectivity index is 2.16. The van der Waals surface area contributed by atoms with Gasteiger partial charge >= 0.3 is 5.84 Å². The largest absolute Gasteiger partial charge is 0.497 e. The van der Waals surface area contributed by atoms with Gasteiger partial charge < -0.3 is 10.3 Å². The maximum atomic E-state index is 8.65. The summed E-state index contributed by atoms with van der Waals surface area (Å²) in [6.45, 7) is 0. The number of nitrogens with zero attached hydrogens (tertiary/aromatic N) is 5. The van der Waals surface area contributed by atoms with Crippen molar-refractivity contribution in [3.05, 3.63) is 47.0 Å². The molecule has 0 N–H and O–H groups in total. The number of rotatable bonds is 2. The van der Waals surface area contributed by atoms with E-state index in [2.05, 4.69) is 14.8 Å². The number of hydrogen-bond acceptors (Lipinski definition) is 2. The molecule has 5 heteroatoms. The van der Waals surface area contributed by atoms with Crippen LogP contribution in [-0.4, -0.2) is 22.7 Å². The fraction of sp³-hybridized carbons (Fsp3) is 0. The summed E-state index contributed by atoms with van der Waals surface area (Å²) in [4.78, 5) is 10.7. The number of amidine groups is 1. The molecular weight excluding hydrogens is 214 g/mol. The zero-order valence-electron chi connectivity index (χ0n) is 8.78. The predicted octanol–water partition coefficient (Wildman–Crippen LogP) is 1.68. The molecule has 0 radical (unpaired) electrons. The molecule has 0 bridgehead atoms. The highest BCUT2D eigenvalue weighted by molar-refractivity contribution is 6.48. The van der Waals surface area contributed by atoms with Crippen molar-refractivity contribution in [2.45, 2.75) is 0 Å². The van der Waals surface area contributed by atoms with Crippen molar-refractivity contribution in [2.75, 3.05) is 0 Å². The molecule has 0 fully saturated rings. The minimum absolute atomic E-state index is 0.190. The summed E-state index contributed by atoms with van der Waals surface area (Å²) in [5, 5.41) is 8.65. The van der Waals surface area contributed by atoms with Crippen LogP contribution in [0.15, 0.2) is 40.3 Å². The lowest BCUT2D eigenvalue weighted by atomic mass is 10.1. The molecule has 0 unspecified atom stereocenters. The Bertz CT molecular complexity index is 607. The van der Waals surface area contributed by atoms with Crippen LogP contribution >= 0.6 is 0 Å². The average molecular weight is 221 g/mol. The first-order valence-corrected chi connectivity index (χ1v) is 4.84. The highest BCUT2D eigenvalue weighted by Gasteiger charge is 2.17. The van der Waals surface area contributed by atoms with Gasteiger partial charge in [-0.25, -0.2) is 4.99 Å². The molecule has 1 aliphatic rings. The second-order valence-corrected chi connectivity index (χ2v) is 3.25. The van der Waals surface area contributed by atoms with E-state index in [9.17, 15) is 0 Å². The Labute approximate surface area is 97.7 Å². The van der Waals surface area contributed by atoms with Gasteiger partial charge in [-0.2, -0.15) is 5.26 Å². The first-order chi connectivity index (χ1) is 8.33. The van der Waals surface area contributed by atoms with E-state index in [1.54, 1.807) is 24.3 Å². The minimum Gasteiger partial charge on any atom is -0.497 e. The van der Waals surface area contributed by atoms with Gasteiger partial charge in [0.15, 0.2) is 5.71 Å².